The number of nitrogen functional groups attached to an aromatic ring is 1. The zero-order chi connectivity index (χ0) is 14.3. The fraction of sp³-hybridized carbons (Fsp3) is 0.750. The van der Waals surface area contributed by atoms with Gasteiger partial charge in [-0.05, 0) is 6.42 Å². The first kappa shape index (κ1) is 16.0. The number of aromatic nitrogens is 2. The van der Waals surface area contributed by atoms with Crippen LogP contribution in [0.2, 0.25) is 0 Å². The summed E-state index contributed by atoms with van der Waals surface area (Å²) < 4.78 is 27.8. The lowest BCUT2D eigenvalue weighted by Crippen LogP contribution is -2.25. The molecule has 0 unspecified atom stereocenters. The minimum atomic E-state index is -3.53. The van der Waals surface area contributed by atoms with Crippen molar-refractivity contribution in [2.75, 3.05) is 12.3 Å². The van der Waals surface area contributed by atoms with Crippen molar-refractivity contribution >= 4 is 15.8 Å². The molecule has 0 saturated heterocycles. The van der Waals surface area contributed by atoms with Crippen molar-refractivity contribution in [2.45, 2.75) is 50.3 Å². The third-order valence-electron chi connectivity index (χ3n) is 3.06. The molecule has 0 atom stereocenters. The van der Waals surface area contributed by atoms with Gasteiger partial charge in [-0.25, -0.2) is 13.1 Å². The topological polar surface area (TPSA) is 90.0 Å². The maximum atomic E-state index is 12.0. The maximum Gasteiger partial charge on any atom is 0.245 e. The Labute approximate surface area is 115 Å². The molecule has 1 heterocycles. The number of anilines is 1. The van der Waals surface area contributed by atoms with Gasteiger partial charge in [-0.15, -0.1) is 0 Å². The summed E-state index contributed by atoms with van der Waals surface area (Å²) in [5.74, 6) is 0.162. The Kier molecular flexibility index (Phi) is 6.30. The van der Waals surface area contributed by atoms with E-state index in [0.29, 0.717) is 6.54 Å². The summed E-state index contributed by atoms with van der Waals surface area (Å²) in [4.78, 5) is 0.0565. The molecule has 19 heavy (non-hydrogen) atoms. The number of nitrogens with two attached hydrogens (primary N) is 1. The first-order valence-electron chi connectivity index (χ1n) is 6.76. The molecule has 0 aliphatic heterocycles. The van der Waals surface area contributed by atoms with Gasteiger partial charge in [0.05, 0.1) is 6.20 Å². The standard InChI is InChI=1S/C12H24N4O2S/c1-3-4-5-6-7-8-9-15-19(17,18)11-10-14-16(2)12(11)13/h10,15H,3-9,13H2,1-2H3. The summed E-state index contributed by atoms with van der Waals surface area (Å²) in [6, 6.07) is 0. The smallest absolute Gasteiger partial charge is 0.245 e. The van der Waals surface area contributed by atoms with E-state index in [1.165, 1.54) is 30.1 Å². The molecule has 0 aromatic carbocycles. The minimum absolute atomic E-state index is 0.0565. The second-order valence-electron chi connectivity index (χ2n) is 4.68. The lowest BCUT2D eigenvalue weighted by atomic mass is 10.1. The van der Waals surface area contributed by atoms with Crippen molar-refractivity contribution in [3.63, 3.8) is 0 Å². The van der Waals surface area contributed by atoms with Gasteiger partial charge < -0.3 is 5.73 Å². The van der Waals surface area contributed by atoms with Crippen LogP contribution in [0.25, 0.3) is 0 Å². The summed E-state index contributed by atoms with van der Waals surface area (Å²) in [6.07, 6.45) is 8.02. The molecule has 0 radical (unpaired) electrons. The van der Waals surface area contributed by atoms with E-state index in [0.717, 1.165) is 19.3 Å². The van der Waals surface area contributed by atoms with Gasteiger partial charge in [-0.2, -0.15) is 5.10 Å². The third-order valence-corrected chi connectivity index (χ3v) is 4.54. The second-order valence-corrected chi connectivity index (χ2v) is 6.42. The van der Waals surface area contributed by atoms with Crippen molar-refractivity contribution in [1.29, 1.82) is 0 Å². The Morgan fingerprint density at radius 1 is 1.26 bits per heavy atom. The van der Waals surface area contributed by atoms with E-state index >= 15 is 0 Å². The van der Waals surface area contributed by atoms with Gasteiger partial charge >= 0.3 is 0 Å². The molecule has 6 nitrogen and oxygen atoms in total. The molecule has 0 aliphatic carbocycles. The minimum Gasteiger partial charge on any atom is -0.383 e. The molecule has 110 valence electrons. The number of sulfonamides is 1. The highest BCUT2D eigenvalue weighted by Crippen LogP contribution is 2.16. The van der Waals surface area contributed by atoms with E-state index in [9.17, 15) is 8.42 Å². The molecule has 0 amide bonds. The van der Waals surface area contributed by atoms with Gasteiger partial charge in [0.25, 0.3) is 0 Å². The van der Waals surface area contributed by atoms with Crippen LogP contribution in [0.5, 0.6) is 0 Å². The van der Waals surface area contributed by atoms with Gasteiger partial charge in [0.2, 0.25) is 10.0 Å². The van der Waals surface area contributed by atoms with Crippen molar-refractivity contribution in [1.82, 2.24) is 14.5 Å². The first-order chi connectivity index (χ1) is 8.99. The predicted molar refractivity (Wildman–Crippen MR) is 76.2 cm³/mol. The molecule has 7 heteroatoms. The summed E-state index contributed by atoms with van der Waals surface area (Å²) in [5.41, 5.74) is 5.66. The Morgan fingerprint density at radius 2 is 1.89 bits per heavy atom. The maximum absolute atomic E-state index is 12.0. The average molecular weight is 288 g/mol. The number of unbranched alkanes of at least 4 members (excludes halogenated alkanes) is 5. The highest BCUT2D eigenvalue weighted by molar-refractivity contribution is 7.89. The van der Waals surface area contributed by atoms with Crippen LogP contribution in [0.15, 0.2) is 11.1 Å². The molecule has 1 rings (SSSR count). The molecular weight excluding hydrogens is 264 g/mol. The third kappa shape index (κ3) is 4.83. The first-order valence-corrected chi connectivity index (χ1v) is 8.24. The summed E-state index contributed by atoms with van der Waals surface area (Å²) >= 11 is 0. The lowest BCUT2D eigenvalue weighted by molar-refractivity contribution is 0.568. The molecule has 1 aromatic heterocycles. The van der Waals surface area contributed by atoms with Crippen LogP contribution in [0.3, 0.4) is 0 Å². The van der Waals surface area contributed by atoms with Crippen LogP contribution in [0, 0.1) is 0 Å². The zero-order valence-corrected chi connectivity index (χ0v) is 12.5. The SMILES string of the molecule is CCCCCCCCNS(=O)(=O)c1cnn(C)c1N. The summed E-state index contributed by atoms with van der Waals surface area (Å²) in [6.45, 7) is 2.62. The van der Waals surface area contributed by atoms with Crippen molar-refractivity contribution in [3.05, 3.63) is 6.20 Å². The molecule has 0 bridgehead atoms. The van der Waals surface area contributed by atoms with Crippen molar-refractivity contribution < 1.29 is 8.42 Å². The molecule has 1 aromatic rings. The highest BCUT2D eigenvalue weighted by atomic mass is 32.2. The van der Waals surface area contributed by atoms with Crippen LogP contribution >= 0.6 is 0 Å². The van der Waals surface area contributed by atoms with Crippen LogP contribution in [-0.4, -0.2) is 24.7 Å². The van der Waals surface area contributed by atoms with Crippen LogP contribution in [0.1, 0.15) is 45.4 Å². The normalized spacial score (nSPS) is 11.9. The molecular formula is C12H24N4O2S. The second kappa shape index (κ2) is 7.49. The molecule has 3 N–H and O–H groups in total. The summed E-state index contributed by atoms with van der Waals surface area (Å²) in [7, 11) is -1.91. The molecule has 0 spiro atoms. The quantitative estimate of drug-likeness (QED) is 0.676. The number of hydrogen-bond donors (Lipinski definition) is 2. The monoisotopic (exact) mass is 288 g/mol. The number of rotatable bonds is 9. The Morgan fingerprint density at radius 3 is 2.47 bits per heavy atom. The number of aryl methyl sites for hydroxylation is 1. The van der Waals surface area contributed by atoms with Gasteiger partial charge in [0.15, 0.2) is 0 Å². The summed E-state index contributed by atoms with van der Waals surface area (Å²) in [5, 5.41) is 3.83. The Bertz CT molecular complexity index is 482. The zero-order valence-electron chi connectivity index (χ0n) is 11.7. The average Bonchev–Trinajstić information content (AvgIpc) is 2.69. The van der Waals surface area contributed by atoms with Crippen molar-refractivity contribution in [3.8, 4) is 0 Å². The van der Waals surface area contributed by atoms with Crippen molar-refractivity contribution in [2.24, 2.45) is 7.05 Å². The van der Waals surface area contributed by atoms with Gasteiger partial charge in [0, 0.05) is 13.6 Å². The van der Waals surface area contributed by atoms with Gasteiger partial charge in [-0.1, -0.05) is 39.0 Å². The fourth-order valence-electron chi connectivity index (χ4n) is 1.82. The highest BCUT2D eigenvalue weighted by Gasteiger charge is 2.19. The predicted octanol–water partition coefficient (Wildman–Crippen LogP) is 1.64. The number of hydrogen-bond acceptors (Lipinski definition) is 4. The van der Waals surface area contributed by atoms with E-state index in [1.807, 2.05) is 0 Å². The van der Waals surface area contributed by atoms with E-state index in [-0.39, 0.29) is 10.7 Å². The number of nitrogens with one attached hydrogen (secondary N) is 1. The molecule has 0 aliphatic rings. The van der Waals surface area contributed by atoms with Crippen LogP contribution in [-0.2, 0) is 17.1 Å². The van der Waals surface area contributed by atoms with Crippen LogP contribution < -0.4 is 10.5 Å². The number of nitrogens with zero attached hydrogens (tertiary/aromatic N) is 2. The van der Waals surface area contributed by atoms with Gasteiger partial charge in [0.1, 0.15) is 10.7 Å². The fourth-order valence-corrected chi connectivity index (χ4v) is 2.99. The van der Waals surface area contributed by atoms with Gasteiger partial charge in [-0.3, -0.25) is 4.68 Å². The van der Waals surface area contributed by atoms with E-state index in [2.05, 4.69) is 16.7 Å². The lowest BCUT2D eigenvalue weighted by Gasteiger charge is -2.06. The van der Waals surface area contributed by atoms with Crippen LogP contribution in [0.4, 0.5) is 5.82 Å². The Balaban J connectivity index is 2.34. The molecule has 0 fully saturated rings. The van der Waals surface area contributed by atoms with E-state index < -0.39 is 10.0 Å². The van der Waals surface area contributed by atoms with E-state index in [4.69, 9.17) is 5.73 Å². The Hall–Kier alpha value is -1.08. The van der Waals surface area contributed by atoms with E-state index in [1.54, 1.807) is 7.05 Å². The molecule has 0 saturated carbocycles. The largest absolute Gasteiger partial charge is 0.383 e.